The molecular weight excluding hydrogens is 346 g/mol. The van der Waals surface area contributed by atoms with Gasteiger partial charge in [0.1, 0.15) is 0 Å². The number of aryl methyl sites for hydroxylation is 2. The van der Waals surface area contributed by atoms with E-state index in [1.807, 2.05) is 13.0 Å². The molecule has 0 saturated carbocycles. The van der Waals surface area contributed by atoms with Gasteiger partial charge in [-0.2, -0.15) is 0 Å². The Labute approximate surface area is 141 Å². The van der Waals surface area contributed by atoms with Gasteiger partial charge in [-0.1, -0.05) is 39.7 Å². The first-order valence-corrected chi connectivity index (χ1v) is 8.36. The Bertz CT molecular complexity index is 652. The van der Waals surface area contributed by atoms with Crippen LogP contribution in [0.15, 0.2) is 34.8 Å². The SMILES string of the molecule is CCN(Cc1ccc(C)c(Br)c1C)c1ccc(Cl)c(C)c1. The van der Waals surface area contributed by atoms with Gasteiger partial charge in [0.05, 0.1) is 0 Å². The van der Waals surface area contributed by atoms with Crippen molar-refractivity contribution >= 4 is 33.2 Å². The maximum Gasteiger partial charge on any atom is 0.0436 e. The average molecular weight is 367 g/mol. The highest BCUT2D eigenvalue weighted by Gasteiger charge is 2.11. The molecule has 1 nitrogen and oxygen atoms in total. The lowest BCUT2D eigenvalue weighted by Crippen LogP contribution is -2.22. The summed E-state index contributed by atoms with van der Waals surface area (Å²) in [4.78, 5) is 2.37. The number of hydrogen-bond donors (Lipinski definition) is 0. The van der Waals surface area contributed by atoms with Crippen molar-refractivity contribution in [1.29, 1.82) is 0 Å². The second-order valence-electron chi connectivity index (χ2n) is 5.43. The summed E-state index contributed by atoms with van der Waals surface area (Å²) >= 11 is 9.81. The Hall–Kier alpha value is -0.990. The monoisotopic (exact) mass is 365 g/mol. The third-order valence-corrected chi connectivity index (χ3v) is 5.59. The molecule has 21 heavy (non-hydrogen) atoms. The Morgan fingerprint density at radius 1 is 1.05 bits per heavy atom. The van der Waals surface area contributed by atoms with E-state index >= 15 is 0 Å². The van der Waals surface area contributed by atoms with Crippen molar-refractivity contribution < 1.29 is 0 Å². The number of halogens is 2. The van der Waals surface area contributed by atoms with Crippen LogP contribution in [0.4, 0.5) is 5.69 Å². The number of hydrogen-bond acceptors (Lipinski definition) is 1. The Morgan fingerprint density at radius 2 is 1.76 bits per heavy atom. The van der Waals surface area contributed by atoms with Gasteiger partial charge in [0.2, 0.25) is 0 Å². The quantitative estimate of drug-likeness (QED) is 0.636. The lowest BCUT2D eigenvalue weighted by Gasteiger charge is -2.25. The number of benzene rings is 2. The predicted octanol–water partition coefficient (Wildman–Crippen LogP) is 6.05. The minimum atomic E-state index is 0.823. The lowest BCUT2D eigenvalue weighted by molar-refractivity contribution is 0.825. The molecular formula is C18H21BrClN. The molecule has 0 fully saturated rings. The van der Waals surface area contributed by atoms with Crippen molar-refractivity contribution in [3.63, 3.8) is 0 Å². The first-order chi connectivity index (χ1) is 9.93. The zero-order valence-corrected chi connectivity index (χ0v) is 15.3. The molecule has 0 aliphatic carbocycles. The highest BCUT2D eigenvalue weighted by molar-refractivity contribution is 9.10. The smallest absolute Gasteiger partial charge is 0.0436 e. The fourth-order valence-electron chi connectivity index (χ4n) is 2.45. The van der Waals surface area contributed by atoms with Gasteiger partial charge < -0.3 is 4.90 Å². The van der Waals surface area contributed by atoms with Crippen molar-refractivity contribution in [2.45, 2.75) is 34.2 Å². The Kier molecular flexibility index (Phi) is 5.34. The fourth-order valence-corrected chi connectivity index (χ4v) is 2.95. The largest absolute Gasteiger partial charge is 0.367 e. The molecule has 0 N–H and O–H groups in total. The standard InChI is InChI=1S/C18H21BrClN/c1-5-21(16-8-9-17(20)13(3)10-16)11-15-7-6-12(2)18(19)14(15)4/h6-10H,5,11H2,1-4H3. The topological polar surface area (TPSA) is 3.24 Å². The second kappa shape index (κ2) is 6.85. The van der Waals surface area contributed by atoms with Crippen LogP contribution in [0, 0.1) is 20.8 Å². The van der Waals surface area contributed by atoms with E-state index < -0.39 is 0 Å². The van der Waals surface area contributed by atoms with Crippen molar-refractivity contribution in [1.82, 2.24) is 0 Å². The van der Waals surface area contributed by atoms with E-state index in [1.165, 1.54) is 26.9 Å². The molecule has 0 unspecified atom stereocenters. The molecule has 0 saturated heterocycles. The van der Waals surface area contributed by atoms with Crippen molar-refractivity contribution in [2.24, 2.45) is 0 Å². The Balaban J connectivity index is 2.31. The summed E-state index contributed by atoms with van der Waals surface area (Å²) in [5, 5.41) is 0.823. The van der Waals surface area contributed by atoms with Gasteiger partial charge in [-0.3, -0.25) is 0 Å². The molecule has 0 radical (unpaired) electrons. The minimum absolute atomic E-state index is 0.823. The maximum atomic E-state index is 6.13. The molecule has 2 aromatic carbocycles. The molecule has 0 spiro atoms. The molecule has 0 amide bonds. The maximum absolute atomic E-state index is 6.13. The van der Waals surface area contributed by atoms with Crippen molar-refractivity contribution in [3.8, 4) is 0 Å². The molecule has 0 atom stereocenters. The third kappa shape index (κ3) is 3.61. The average Bonchev–Trinajstić information content (AvgIpc) is 2.47. The van der Waals surface area contributed by atoms with E-state index in [-0.39, 0.29) is 0 Å². The number of anilines is 1. The predicted molar refractivity (Wildman–Crippen MR) is 96.5 cm³/mol. The van der Waals surface area contributed by atoms with Gasteiger partial charge >= 0.3 is 0 Å². The highest BCUT2D eigenvalue weighted by atomic mass is 79.9. The van der Waals surface area contributed by atoms with E-state index in [2.05, 4.69) is 65.9 Å². The molecule has 3 heteroatoms. The molecule has 0 aliphatic heterocycles. The molecule has 0 bridgehead atoms. The molecule has 0 heterocycles. The van der Waals surface area contributed by atoms with E-state index in [4.69, 9.17) is 11.6 Å². The van der Waals surface area contributed by atoms with Gasteiger partial charge in [-0.15, -0.1) is 0 Å². The summed E-state index contributed by atoms with van der Waals surface area (Å²) in [6.07, 6.45) is 0. The van der Waals surface area contributed by atoms with Crippen molar-refractivity contribution in [2.75, 3.05) is 11.4 Å². The van der Waals surface area contributed by atoms with Crippen LogP contribution in [0.5, 0.6) is 0 Å². The van der Waals surface area contributed by atoms with Gasteiger partial charge in [-0.05, 0) is 68.1 Å². The molecule has 112 valence electrons. The van der Waals surface area contributed by atoms with Crippen LogP contribution < -0.4 is 4.90 Å². The number of nitrogens with zero attached hydrogens (tertiary/aromatic N) is 1. The summed E-state index contributed by atoms with van der Waals surface area (Å²) < 4.78 is 1.21. The van der Waals surface area contributed by atoms with Crippen LogP contribution in [-0.2, 0) is 6.54 Å². The van der Waals surface area contributed by atoms with Crippen LogP contribution >= 0.6 is 27.5 Å². The molecule has 2 aromatic rings. The molecule has 2 rings (SSSR count). The Morgan fingerprint density at radius 3 is 2.38 bits per heavy atom. The summed E-state index contributed by atoms with van der Waals surface area (Å²) in [5.74, 6) is 0. The summed E-state index contributed by atoms with van der Waals surface area (Å²) in [5.41, 5.74) is 6.28. The first-order valence-electron chi connectivity index (χ1n) is 7.19. The summed E-state index contributed by atoms with van der Waals surface area (Å²) in [7, 11) is 0. The summed E-state index contributed by atoms with van der Waals surface area (Å²) in [6.45, 7) is 10.4. The van der Waals surface area contributed by atoms with Crippen LogP contribution in [0.3, 0.4) is 0 Å². The fraction of sp³-hybridized carbons (Fsp3) is 0.333. The molecule has 0 aromatic heterocycles. The van der Waals surface area contributed by atoms with E-state index in [0.29, 0.717) is 0 Å². The minimum Gasteiger partial charge on any atom is -0.367 e. The normalized spacial score (nSPS) is 10.8. The van der Waals surface area contributed by atoms with E-state index in [0.717, 1.165) is 23.7 Å². The van der Waals surface area contributed by atoms with Crippen molar-refractivity contribution in [3.05, 3.63) is 62.1 Å². The second-order valence-corrected chi connectivity index (χ2v) is 6.63. The van der Waals surface area contributed by atoms with Gasteiger partial charge in [-0.25, -0.2) is 0 Å². The third-order valence-electron chi connectivity index (χ3n) is 3.94. The lowest BCUT2D eigenvalue weighted by atomic mass is 10.0. The number of rotatable bonds is 4. The zero-order chi connectivity index (χ0) is 15.6. The summed E-state index contributed by atoms with van der Waals surface area (Å²) in [6, 6.07) is 10.6. The van der Waals surface area contributed by atoms with Crippen LogP contribution in [0.25, 0.3) is 0 Å². The first kappa shape index (κ1) is 16.4. The van der Waals surface area contributed by atoms with E-state index in [9.17, 15) is 0 Å². The van der Waals surface area contributed by atoms with Crippen LogP contribution in [0.2, 0.25) is 5.02 Å². The van der Waals surface area contributed by atoms with E-state index in [1.54, 1.807) is 0 Å². The molecule has 0 aliphatic rings. The van der Waals surface area contributed by atoms with Crippen LogP contribution in [0.1, 0.15) is 29.2 Å². The highest BCUT2D eigenvalue weighted by Crippen LogP contribution is 2.28. The zero-order valence-electron chi connectivity index (χ0n) is 13.0. The van der Waals surface area contributed by atoms with Gasteiger partial charge in [0.25, 0.3) is 0 Å². The van der Waals surface area contributed by atoms with Crippen LogP contribution in [-0.4, -0.2) is 6.54 Å². The van der Waals surface area contributed by atoms with Gasteiger partial charge in [0, 0.05) is 28.3 Å². The van der Waals surface area contributed by atoms with Gasteiger partial charge in [0.15, 0.2) is 0 Å².